The largest absolute Gasteiger partial charge is 0.496 e. The van der Waals surface area contributed by atoms with Gasteiger partial charge in [0, 0.05) is 30.9 Å². The highest BCUT2D eigenvalue weighted by Crippen LogP contribution is 2.32. The van der Waals surface area contributed by atoms with Gasteiger partial charge in [-0.2, -0.15) is 0 Å². The van der Waals surface area contributed by atoms with Crippen molar-refractivity contribution in [1.29, 1.82) is 0 Å². The molecule has 0 atom stereocenters. The van der Waals surface area contributed by atoms with E-state index < -0.39 is 0 Å². The maximum atomic E-state index is 6.59. The van der Waals surface area contributed by atoms with E-state index in [1.807, 2.05) is 12.1 Å². The summed E-state index contributed by atoms with van der Waals surface area (Å²) >= 11 is 6.59. The molecule has 1 saturated heterocycles. The Hall–Kier alpha value is -2.39. The van der Waals surface area contributed by atoms with Gasteiger partial charge in [-0.05, 0) is 54.3 Å². The molecule has 4 heteroatoms. The van der Waals surface area contributed by atoms with E-state index in [1.165, 1.54) is 30.0 Å². The van der Waals surface area contributed by atoms with Crippen LogP contribution >= 0.6 is 11.6 Å². The van der Waals surface area contributed by atoms with E-state index in [4.69, 9.17) is 16.3 Å². The number of halogens is 1. The third kappa shape index (κ3) is 3.84. The quantitative estimate of drug-likeness (QED) is 0.578. The molecule has 3 nitrogen and oxygen atoms in total. The fourth-order valence-corrected chi connectivity index (χ4v) is 4.19. The zero-order valence-corrected chi connectivity index (χ0v) is 16.4. The van der Waals surface area contributed by atoms with Gasteiger partial charge in [-0.1, -0.05) is 41.9 Å². The molecule has 1 heterocycles. The average molecular weight is 381 g/mol. The molecule has 0 saturated carbocycles. The zero-order valence-electron chi connectivity index (χ0n) is 15.7. The molecule has 0 radical (unpaired) electrons. The molecule has 0 aliphatic carbocycles. The van der Waals surface area contributed by atoms with Crippen LogP contribution in [0.1, 0.15) is 24.8 Å². The number of ether oxygens (including phenoxy) is 1. The van der Waals surface area contributed by atoms with Crippen LogP contribution in [0.4, 0.5) is 11.4 Å². The first-order valence-electron chi connectivity index (χ1n) is 9.59. The molecular formula is C23H25ClN2O. The summed E-state index contributed by atoms with van der Waals surface area (Å²) in [6.07, 6.45) is 3.81. The van der Waals surface area contributed by atoms with Gasteiger partial charge >= 0.3 is 0 Å². The molecule has 0 aromatic heterocycles. The molecule has 0 unspecified atom stereocenters. The van der Waals surface area contributed by atoms with Crippen LogP contribution in [0.15, 0.2) is 54.6 Å². The summed E-state index contributed by atoms with van der Waals surface area (Å²) in [5, 5.41) is 6.75. The zero-order chi connectivity index (χ0) is 18.6. The number of fused-ring (bicyclic) bond motifs is 1. The Kier molecular flexibility index (Phi) is 5.40. The predicted molar refractivity (Wildman–Crippen MR) is 115 cm³/mol. The highest BCUT2D eigenvalue weighted by atomic mass is 35.5. The molecule has 1 aliphatic heterocycles. The second-order valence-electron chi connectivity index (χ2n) is 7.03. The number of nitrogens with zero attached hydrogens (tertiary/aromatic N) is 1. The Morgan fingerprint density at radius 2 is 1.81 bits per heavy atom. The molecule has 1 fully saturated rings. The lowest BCUT2D eigenvalue weighted by Crippen LogP contribution is -2.29. The number of nitrogens with one attached hydrogen (secondary N) is 1. The van der Waals surface area contributed by atoms with Crippen molar-refractivity contribution < 1.29 is 4.74 Å². The van der Waals surface area contributed by atoms with Crippen LogP contribution in [0.3, 0.4) is 0 Å². The summed E-state index contributed by atoms with van der Waals surface area (Å²) in [6.45, 7) is 2.88. The first-order chi connectivity index (χ1) is 13.3. The fourth-order valence-electron chi connectivity index (χ4n) is 3.89. The monoisotopic (exact) mass is 380 g/mol. The van der Waals surface area contributed by atoms with Crippen molar-refractivity contribution in [2.24, 2.45) is 0 Å². The van der Waals surface area contributed by atoms with Crippen molar-refractivity contribution in [3.63, 3.8) is 0 Å². The maximum Gasteiger partial charge on any atom is 0.124 e. The van der Waals surface area contributed by atoms with Gasteiger partial charge in [0.2, 0.25) is 0 Å². The van der Waals surface area contributed by atoms with Crippen LogP contribution in [0.2, 0.25) is 5.02 Å². The summed E-state index contributed by atoms with van der Waals surface area (Å²) in [7, 11) is 1.72. The number of rotatable bonds is 5. The third-order valence-electron chi connectivity index (χ3n) is 5.33. The SMILES string of the molecule is COc1ccc2ccccc2c1CNc1ccc(N2CCCCC2)c(Cl)c1. The standard InChI is InChI=1S/C23H25ClN2O/c1-27-23-12-9-17-7-3-4-8-19(17)20(23)16-25-18-10-11-22(21(24)15-18)26-13-5-2-6-14-26/h3-4,7-12,15,25H,2,5-6,13-14,16H2,1H3. The average Bonchev–Trinajstić information content (AvgIpc) is 2.72. The van der Waals surface area contributed by atoms with E-state index in [0.29, 0.717) is 6.54 Å². The van der Waals surface area contributed by atoms with Gasteiger partial charge in [-0.3, -0.25) is 0 Å². The van der Waals surface area contributed by atoms with Gasteiger partial charge in [0.05, 0.1) is 17.8 Å². The molecular weight excluding hydrogens is 356 g/mol. The molecule has 4 rings (SSSR count). The second-order valence-corrected chi connectivity index (χ2v) is 7.44. The third-order valence-corrected chi connectivity index (χ3v) is 5.63. The summed E-state index contributed by atoms with van der Waals surface area (Å²) < 4.78 is 5.59. The lowest BCUT2D eigenvalue weighted by Gasteiger charge is -2.29. The van der Waals surface area contributed by atoms with E-state index in [2.05, 4.69) is 52.7 Å². The first-order valence-corrected chi connectivity index (χ1v) is 9.97. The van der Waals surface area contributed by atoms with Crippen LogP contribution in [0.25, 0.3) is 10.8 Å². The van der Waals surface area contributed by atoms with E-state index >= 15 is 0 Å². The van der Waals surface area contributed by atoms with Gasteiger partial charge in [0.15, 0.2) is 0 Å². The van der Waals surface area contributed by atoms with Crippen molar-refractivity contribution in [3.8, 4) is 5.75 Å². The maximum absolute atomic E-state index is 6.59. The van der Waals surface area contributed by atoms with Gasteiger partial charge in [0.1, 0.15) is 5.75 Å². The molecule has 1 N–H and O–H groups in total. The Morgan fingerprint density at radius 3 is 2.59 bits per heavy atom. The molecule has 3 aromatic rings. The van der Waals surface area contributed by atoms with Crippen LogP contribution < -0.4 is 15.0 Å². The molecule has 0 bridgehead atoms. The molecule has 0 amide bonds. The van der Waals surface area contributed by atoms with Gasteiger partial charge in [0.25, 0.3) is 0 Å². The smallest absolute Gasteiger partial charge is 0.124 e. The topological polar surface area (TPSA) is 24.5 Å². The number of piperidine rings is 1. The van der Waals surface area contributed by atoms with Gasteiger partial charge in [-0.25, -0.2) is 0 Å². The number of benzene rings is 3. The highest BCUT2D eigenvalue weighted by molar-refractivity contribution is 6.33. The Morgan fingerprint density at radius 1 is 1.00 bits per heavy atom. The Labute approximate surface area is 165 Å². The van der Waals surface area contributed by atoms with Crippen molar-refractivity contribution in [1.82, 2.24) is 0 Å². The van der Waals surface area contributed by atoms with Crippen molar-refractivity contribution in [2.45, 2.75) is 25.8 Å². The Balaban J connectivity index is 1.55. The second kappa shape index (κ2) is 8.10. The van der Waals surface area contributed by atoms with Crippen LogP contribution in [-0.2, 0) is 6.54 Å². The number of anilines is 2. The van der Waals surface area contributed by atoms with E-state index in [1.54, 1.807) is 7.11 Å². The van der Waals surface area contributed by atoms with Crippen molar-refractivity contribution >= 4 is 33.7 Å². The van der Waals surface area contributed by atoms with Crippen molar-refractivity contribution in [3.05, 3.63) is 65.2 Å². The summed E-state index contributed by atoms with van der Waals surface area (Å²) in [4.78, 5) is 2.39. The van der Waals surface area contributed by atoms with Gasteiger partial charge in [-0.15, -0.1) is 0 Å². The highest BCUT2D eigenvalue weighted by Gasteiger charge is 2.14. The summed E-state index contributed by atoms with van der Waals surface area (Å²) in [5.74, 6) is 0.900. The minimum atomic E-state index is 0.684. The minimum Gasteiger partial charge on any atom is -0.496 e. The predicted octanol–water partition coefficient (Wildman–Crippen LogP) is 6.10. The summed E-state index contributed by atoms with van der Waals surface area (Å²) in [5.41, 5.74) is 3.33. The molecule has 0 spiro atoms. The fraction of sp³-hybridized carbons (Fsp3) is 0.304. The molecule has 140 valence electrons. The lowest BCUT2D eigenvalue weighted by atomic mass is 10.0. The number of methoxy groups -OCH3 is 1. The normalized spacial score (nSPS) is 14.4. The molecule has 27 heavy (non-hydrogen) atoms. The number of hydrogen-bond donors (Lipinski definition) is 1. The Bertz CT molecular complexity index is 935. The van der Waals surface area contributed by atoms with E-state index in [0.717, 1.165) is 40.8 Å². The molecule has 1 aliphatic rings. The van der Waals surface area contributed by atoms with Crippen LogP contribution in [0, 0.1) is 0 Å². The van der Waals surface area contributed by atoms with E-state index in [-0.39, 0.29) is 0 Å². The number of hydrogen-bond acceptors (Lipinski definition) is 3. The van der Waals surface area contributed by atoms with E-state index in [9.17, 15) is 0 Å². The molecule has 3 aromatic carbocycles. The van der Waals surface area contributed by atoms with Crippen LogP contribution in [-0.4, -0.2) is 20.2 Å². The first kappa shape index (κ1) is 18.0. The minimum absolute atomic E-state index is 0.684. The summed E-state index contributed by atoms with van der Waals surface area (Å²) in [6, 6.07) is 18.8. The van der Waals surface area contributed by atoms with Crippen LogP contribution in [0.5, 0.6) is 5.75 Å². The lowest BCUT2D eigenvalue weighted by molar-refractivity contribution is 0.411. The van der Waals surface area contributed by atoms with Gasteiger partial charge < -0.3 is 15.0 Å². The van der Waals surface area contributed by atoms with Crippen molar-refractivity contribution in [2.75, 3.05) is 30.4 Å².